The number of halogens is 6. The van der Waals surface area contributed by atoms with Crippen LogP contribution in [0.15, 0.2) is 64.2 Å². The number of methoxy groups -OCH3 is 1. The zero-order valence-electron chi connectivity index (χ0n) is 20.8. The first-order valence-electron chi connectivity index (χ1n) is 11.1. The van der Waals surface area contributed by atoms with E-state index in [4.69, 9.17) is 32.7 Å². The summed E-state index contributed by atoms with van der Waals surface area (Å²) < 4.78 is 76.6. The second-order valence-corrected chi connectivity index (χ2v) is 11.8. The molecule has 0 aliphatic heterocycles. The molecular weight excluding hydrogens is 662 g/mol. The number of benzene rings is 3. The van der Waals surface area contributed by atoms with E-state index in [9.17, 15) is 26.4 Å². The molecule has 0 aliphatic carbocycles. The average Bonchev–Trinajstić information content (AvgIpc) is 2.86. The van der Waals surface area contributed by atoms with Crippen LogP contribution in [-0.4, -0.2) is 40.4 Å². The van der Waals surface area contributed by atoms with E-state index in [2.05, 4.69) is 26.5 Å². The molecule has 0 aromatic heterocycles. The molecule has 0 unspecified atom stereocenters. The van der Waals surface area contributed by atoms with Crippen LogP contribution >= 0.6 is 39.1 Å². The standard InChI is InChI=1S/C25H21BrCl2F3N3O5S/c1-38-22-10-16(9-20(26)24(22)39-14-15-3-5-17(27)6-4-15)12-32-33-23(35)13-34(40(2,36)37)18-7-8-21(28)19(11-18)25(29,30)31/h3-12H,13-14H2,1-2H3,(H,33,35)/b32-12-. The van der Waals surface area contributed by atoms with Crippen molar-refractivity contribution in [2.45, 2.75) is 12.8 Å². The highest BCUT2D eigenvalue weighted by atomic mass is 79.9. The minimum Gasteiger partial charge on any atom is -0.493 e. The number of hydrogen-bond acceptors (Lipinski definition) is 6. The van der Waals surface area contributed by atoms with Crippen LogP contribution in [0, 0.1) is 0 Å². The molecule has 0 saturated heterocycles. The summed E-state index contributed by atoms with van der Waals surface area (Å²) in [5.41, 5.74) is 1.90. The highest BCUT2D eigenvalue weighted by molar-refractivity contribution is 9.10. The van der Waals surface area contributed by atoms with Crippen LogP contribution in [-0.2, 0) is 27.6 Å². The van der Waals surface area contributed by atoms with Crippen LogP contribution in [0.4, 0.5) is 18.9 Å². The van der Waals surface area contributed by atoms with Gasteiger partial charge in [0.2, 0.25) is 10.0 Å². The topological polar surface area (TPSA) is 97.3 Å². The molecule has 40 heavy (non-hydrogen) atoms. The maximum absolute atomic E-state index is 13.2. The molecule has 1 N–H and O–H groups in total. The molecule has 0 aliphatic rings. The monoisotopic (exact) mass is 681 g/mol. The van der Waals surface area contributed by atoms with Crippen molar-refractivity contribution in [1.29, 1.82) is 0 Å². The van der Waals surface area contributed by atoms with Crippen molar-refractivity contribution >= 4 is 67.0 Å². The molecule has 3 rings (SSSR count). The van der Waals surface area contributed by atoms with E-state index in [1.54, 1.807) is 24.3 Å². The Hall–Kier alpha value is -3.00. The lowest BCUT2D eigenvalue weighted by Crippen LogP contribution is -2.39. The minimum absolute atomic E-state index is 0.241. The Bertz CT molecular complexity index is 1520. The van der Waals surface area contributed by atoms with Crippen LogP contribution in [0.5, 0.6) is 11.5 Å². The van der Waals surface area contributed by atoms with Gasteiger partial charge in [-0.1, -0.05) is 35.3 Å². The first-order valence-corrected chi connectivity index (χ1v) is 14.5. The fourth-order valence-electron chi connectivity index (χ4n) is 3.32. The van der Waals surface area contributed by atoms with E-state index in [0.717, 1.165) is 24.0 Å². The molecule has 214 valence electrons. The number of sulfonamides is 1. The quantitative estimate of drug-likeness (QED) is 0.201. The second-order valence-electron chi connectivity index (χ2n) is 8.17. The first-order chi connectivity index (χ1) is 18.7. The third kappa shape index (κ3) is 8.50. The average molecular weight is 683 g/mol. The largest absolute Gasteiger partial charge is 0.493 e. The Morgan fingerprint density at radius 3 is 2.40 bits per heavy atom. The molecule has 0 fully saturated rings. The van der Waals surface area contributed by atoms with Crippen molar-refractivity contribution in [3.05, 3.63) is 85.8 Å². The summed E-state index contributed by atoms with van der Waals surface area (Å²) in [5.74, 6) is -0.120. The van der Waals surface area contributed by atoms with Crippen LogP contribution in [0.1, 0.15) is 16.7 Å². The third-order valence-corrected chi connectivity index (χ3v) is 7.49. The maximum Gasteiger partial charge on any atom is 0.417 e. The summed E-state index contributed by atoms with van der Waals surface area (Å²) >= 11 is 14.9. The molecule has 0 atom stereocenters. The molecular formula is C25H21BrCl2F3N3O5S. The molecule has 0 saturated carbocycles. The van der Waals surface area contributed by atoms with Crippen molar-refractivity contribution in [2.24, 2.45) is 5.10 Å². The van der Waals surface area contributed by atoms with Gasteiger partial charge in [-0.05, 0) is 69.5 Å². The lowest BCUT2D eigenvalue weighted by atomic mass is 10.2. The van der Waals surface area contributed by atoms with Crippen LogP contribution in [0.2, 0.25) is 10.0 Å². The van der Waals surface area contributed by atoms with Gasteiger partial charge in [0.05, 0.1) is 40.3 Å². The Kier molecular flexibility index (Phi) is 10.3. The Balaban J connectivity index is 1.72. The van der Waals surface area contributed by atoms with Crippen molar-refractivity contribution in [1.82, 2.24) is 5.43 Å². The molecule has 0 bridgehead atoms. The van der Waals surface area contributed by atoms with Crippen molar-refractivity contribution in [3.8, 4) is 11.5 Å². The predicted molar refractivity (Wildman–Crippen MR) is 151 cm³/mol. The van der Waals surface area contributed by atoms with Crippen LogP contribution in [0.25, 0.3) is 0 Å². The predicted octanol–water partition coefficient (Wildman–Crippen LogP) is 6.28. The first kappa shape index (κ1) is 31.5. The van der Waals surface area contributed by atoms with E-state index in [0.29, 0.717) is 36.9 Å². The molecule has 15 heteroatoms. The number of ether oxygens (including phenoxy) is 2. The van der Waals surface area contributed by atoms with Gasteiger partial charge < -0.3 is 9.47 Å². The molecule has 3 aromatic carbocycles. The number of nitrogens with zero attached hydrogens (tertiary/aromatic N) is 2. The number of anilines is 1. The molecule has 8 nitrogen and oxygen atoms in total. The SMILES string of the molecule is COc1cc(/C=N\NC(=O)CN(c2ccc(Cl)c(C(F)(F)F)c2)S(C)(=O)=O)cc(Br)c1OCc1ccc(Cl)cc1. The number of alkyl halides is 3. The smallest absolute Gasteiger partial charge is 0.417 e. The van der Waals surface area contributed by atoms with E-state index in [1.165, 1.54) is 13.3 Å². The molecule has 1 amide bonds. The van der Waals surface area contributed by atoms with E-state index in [-0.39, 0.29) is 12.3 Å². The lowest BCUT2D eigenvalue weighted by molar-refractivity contribution is -0.137. The number of hydrogen-bond donors (Lipinski definition) is 1. The van der Waals surface area contributed by atoms with Crippen LogP contribution < -0.4 is 19.2 Å². The third-order valence-electron chi connectivity index (χ3n) is 5.18. The lowest BCUT2D eigenvalue weighted by Gasteiger charge is -2.22. The van der Waals surface area contributed by atoms with E-state index >= 15 is 0 Å². The molecule has 0 heterocycles. The van der Waals surface area contributed by atoms with E-state index < -0.39 is 39.2 Å². The number of rotatable bonds is 10. The summed E-state index contributed by atoms with van der Waals surface area (Å²) in [6.07, 6.45) is -2.80. The van der Waals surface area contributed by atoms with Gasteiger partial charge in [0.1, 0.15) is 13.2 Å². The summed E-state index contributed by atoms with van der Waals surface area (Å²) in [4.78, 5) is 12.5. The number of carbonyl (C=O) groups is 1. The van der Waals surface area contributed by atoms with Gasteiger partial charge in [-0.25, -0.2) is 13.8 Å². The van der Waals surface area contributed by atoms with Crippen LogP contribution in [0.3, 0.4) is 0 Å². The number of nitrogens with one attached hydrogen (secondary N) is 1. The number of hydrazone groups is 1. The number of carbonyl (C=O) groups excluding carboxylic acids is 1. The van der Waals surface area contributed by atoms with Gasteiger partial charge in [0.25, 0.3) is 5.91 Å². The van der Waals surface area contributed by atoms with Gasteiger partial charge in [-0.2, -0.15) is 18.3 Å². The Labute approximate surface area is 246 Å². The minimum atomic E-state index is -4.82. The van der Waals surface area contributed by atoms with Crippen molar-refractivity contribution in [3.63, 3.8) is 0 Å². The van der Waals surface area contributed by atoms with Crippen molar-refractivity contribution in [2.75, 3.05) is 24.2 Å². The van der Waals surface area contributed by atoms with Gasteiger partial charge in [0.15, 0.2) is 11.5 Å². The zero-order chi connectivity index (χ0) is 29.7. The summed E-state index contributed by atoms with van der Waals surface area (Å²) in [6, 6.07) is 12.9. The Morgan fingerprint density at radius 2 is 1.80 bits per heavy atom. The molecule has 0 spiro atoms. The summed E-state index contributed by atoms with van der Waals surface area (Å²) in [5, 5.41) is 3.80. The second kappa shape index (κ2) is 13.1. The van der Waals surface area contributed by atoms with Gasteiger partial charge >= 0.3 is 6.18 Å². The fraction of sp³-hybridized carbons (Fsp3) is 0.200. The number of amides is 1. The Morgan fingerprint density at radius 1 is 1.12 bits per heavy atom. The fourth-order valence-corrected chi connectivity index (χ4v) is 5.09. The zero-order valence-corrected chi connectivity index (χ0v) is 24.7. The van der Waals surface area contributed by atoms with Gasteiger partial charge in [0, 0.05) is 5.02 Å². The highest BCUT2D eigenvalue weighted by Crippen LogP contribution is 2.38. The van der Waals surface area contributed by atoms with E-state index in [1.807, 2.05) is 12.1 Å². The van der Waals surface area contributed by atoms with Gasteiger partial charge in [-0.15, -0.1) is 0 Å². The van der Waals surface area contributed by atoms with Crippen molar-refractivity contribution < 1.29 is 35.9 Å². The molecule has 0 radical (unpaired) electrons. The highest BCUT2D eigenvalue weighted by Gasteiger charge is 2.34. The summed E-state index contributed by atoms with van der Waals surface area (Å²) in [7, 11) is -2.70. The van der Waals surface area contributed by atoms with Gasteiger partial charge in [-0.3, -0.25) is 9.10 Å². The maximum atomic E-state index is 13.2. The normalized spacial score (nSPS) is 11.9. The molecule has 3 aromatic rings. The summed E-state index contributed by atoms with van der Waals surface area (Å²) in [6.45, 7) is -0.593.